The molecule has 0 saturated heterocycles. The summed E-state index contributed by atoms with van der Waals surface area (Å²) in [5.41, 5.74) is 3.99. The zero-order chi connectivity index (χ0) is 14.0. The van der Waals surface area contributed by atoms with Crippen LogP contribution in [0.2, 0.25) is 0 Å². The normalized spacial score (nSPS) is 10.3. The van der Waals surface area contributed by atoms with Gasteiger partial charge in [0, 0.05) is 11.3 Å². The summed E-state index contributed by atoms with van der Waals surface area (Å²) in [4.78, 5) is 12.1. The van der Waals surface area contributed by atoms with Crippen LogP contribution in [0.5, 0.6) is 0 Å². The Morgan fingerprint density at radius 1 is 1.00 bits per heavy atom. The summed E-state index contributed by atoms with van der Waals surface area (Å²) >= 11 is 0. The van der Waals surface area contributed by atoms with Crippen molar-refractivity contribution in [2.24, 2.45) is 0 Å². The van der Waals surface area contributed by atoms with Gasteiger partial charge in [-0.3, -0.25) is 4.79 Å². The Labute approximate surface area is 112 Å². The van der Waals surface area contributed by atoms with Crippen LogP contribution < -0.4 is 5.32 Å². The first kappa shape index (κ1) is 13.3. The Kier molecular flexibility index (Phi) is 3.65. The van der Waals surface area contributed by atoms with Gasteiger partial charge < -0.3 is 5.32 Å². The lowest BCUT2D eigenvalue weighted by molar-refractivity contribution is 0.102. The van der Waals surface area contributed by atoms with E-state index in [0.29, 0.717) is 5.56 Å². The molecule has 0 aromatic heterocycles. The van der Waals surface area contributed by atoms with Crippen molar-refractivity contribution in [3.05, 3.63) is 64.5 Å². The average Bonchev–Trinajstić information content (AvgIpc) is 2.30. The van der Waals surface area contributed by atoms with Crippen LogP contribution in [0.3, 0.4) is 0 Å². The molecule has 98 valence electrons. The van der Waals surface area contributed by atoms with Crippen molar-refractivity contribution < 1.29 is 9.18 Å². The number of amides is 1. The standard InChI is InChI=1S/C16H16FNO/c1-10-6-11(2)8-14(7-10)18-16(19)15-9-13(17)5-4-12(15)3/h4-9H,1-3H3,(H,18,19). The molecule has 0 aliphatic rings. The van der Waals surface area contributed by atoms with Crippen molar-refractivity contribution in [1.82, 2.24) is 0 Å². The van der Waals surface area contributed by atoms with Crippen molar-refractivity contribution in [3.63, 3.8) is 0 Å². The molecule has 1 N–H and O–H groups in total. The Balaban J connectivity index is 2.28. The summed E-state index contributed by atoms with van der Waals surface area (Å²) in [6.07, 6.45) is 0. The zero-order valence-electron chi connectivity index (χ0n) is 11.3. The van der Waals surface area contributed by atoms with Crippen LogP contribution in [0.4, 0.5) is 10.1 Å². The molecule has 1 amide bonds. The highest BCUT2D eigenvalue weighted by atomic mass is 19.1. The van der Waals surface area contributed by atoms with E-state index in [4.69, 9.17) is 0 Å². The van der Waals surface area contributed by atoms with Crippen molar-refractivity contribution in [2.75, 3.05) is 5.32 Å². The molecule has 0 spiro atoms. The van der Waals surface area contributed by atoms with Crippen LogP contribution in [-0.2, 0) is 0 Å². The number of rotatable bonds is 2. The molecular weight excluding hydrogens is 241 g/mol. The Bertz CT molecular complexity index is 614. The highest BCUT2D eigenvalue weighted by Gasteiger charge is 2.10. The van der Waals surface area contributed by atoms with Crippen molar-refractivity contribution in [2.45, 2.75) is 20.8 Å². The Hall–Kier alpha value is -2.16. The van der Waals surface area contributed by atoms with E-state index in [1.807, 2.05) is 32.0 Å². The van der Waals surface area contributed by atoms with Gasteiger partial charge in [-0.25, -0.2) is 4.39 Å². The lowest BCUT2D eigenvalue weighted by Crippen LogP contribution is -2.13. The maximum Gasteiger partial charge on any atom is 0.256 e. The lowest BCUT2D eigenvalue weighted by atomic mass is 10.1. The Morgan fingerprint density at radius 3 is 2.26 bits per heavy atom. The first-order chi connectivity index (χ1) is 8.95. The molecule has 0 aliphatic heterocycles. The van der Waals surface area contributed by atoms with Gasteiger partial charge in [-0.2, -0.15) is 0 Å². The van der Waals surface area contributed by atoms with E-state index in [1.54, 1.807) is 13.0 Å². The molecule has 2 nitrogen and oxygen atoms in total. The minimum atomic E-state index is -0.406. The Morgan fingerprint density at radius 2 is 1.63 bits per heavy atom. The van der Waals surface area contributed by atoms with Crippen LogP contribution >= 0.6 is 0 Å². The second kappa shape index (κ2) is 5.22. The molecule has 0 bridgehead atoms. The monoisotopic (exact) mass is 257 g/mol. The zero-order valence-corrected chi connectivity index (χ0v) is 11.3. The SMILES string of the molecule is Cc1cc(C)cc(NC(=O)c2cc(F)ccc2C)c1. The fourth-order valence-corrected chi connectivity index (χ4v) is 2.08. The summed E-state index contributed by atoms with van der Waals surface area (Å²) in [6.45, 7) is 5.72. The van der Waals surface area contributed by atoms with E-state index in [1.165, 1.54) is 12.1 Å². The molecule has 0 radical (unpaired) electrons. The lowest BCUT2D eigenvalue weighted by Gasteiger charge is -2.09. The minimum Gasteiger partial charge on any atom is -0.322 e. The number of halogens is 1. The van der Waals surface area contributed by atoms with Gasteiger partial charge in [0.15, 0.2) is 0 Å². The molecule has 2 aromatic rings. The van der Waals surface area contributed by atoms with E-state index in [0.717, 1.165) is 22.4 Å². The van der Waals surface area contributed by atoms with Gasteiger partial charge in [-0.05, 0) is 61.7 Å². The van der Waals surface area contributed by atoms with E-state index >= 15 is 0 Å². The van der Waals surface area contributed by atoms with E-state index < -0.39 is 5.82 Å². The van der Waals surface area contributed by atoms with Crippen molar-refractivity contribution >= 4 is 11.6 Å². The molecule has 0 unspecified atom stereocenters. The molecule has 2 rings (SSSR count). The third-order valence-electron chi connectivity index (χ3n) is 2.92. The van der Waals surface area contributed by atoms with Crippen LogP contribution in [0.1, 0.15) is 27.0 Å². The molecule has 0 aliphatic carbocycles. The third kappa shape index (κ3) is 3.19. The van der Waals surface area contributed by atoms with Gasteiger partial charge in [-0.1, -0.05) is 12.1 Å². The number of hydrogen-bond acceptors (Lipinski definition) is 1. The van der Waals surface area contributed by atoms with Gasteiger partial charge >= 0.3 is 0 Å². The smallest absolute Gasteiger partial charge is 0.256 e. The summed E-state index contributed by atoms with van der Waals surface area (Å²) in [7, 11) is 0. The van der Waals surface area contributed by atoms with E-state index in [9.17, 15) is 9.18 Å². The van der Waals surface area contributed by atoms with Crippen molar-refractivity contribution in [1.29, 1.82) is 0 Å². The number of benzene rings is 2. The molecule has 0 atom stereocenters. The summed E-state index contributed by atoms with van der Waals surface area (Å²) < 4.78 is 13.2. The quantitative estimate of drug-likeness (QED) is 0.865. The number of hydrogen-bond donors (Lipinski definition) is 1. The summed E-state index contributed by atoms with van der Waals surface area (Å²) in [5.74, 6) is -0.696. The molecule has 0 fully saturated rings. The fraction of sp³-hybridized carbons (Fsp3) is 0.188. The maximum absolute atomic E-state index is 13.2. The van der Waals surface area contributed by atoms with Crippen LogP contribution in [0, 0.1) is 26.6 Å². The van der Waals surface area contributed by atoms with Gasteiger partial charge in [0.05, 0.1) is 0 Å². The predicted octanol–water partition coefficient (Wildman–Crippen LogP) is 4.00. The van der Waals surface area contributed by atoms with Crippen LogP contribution in [0.25, 0.3) is 0 Å². The fourth-order valence-electron chi connectivity index (χ4n) is 2.08. The molecular formula is C16H16FNO. The number of nitrogens with one attached hydrogen (secondary N) is 1. The van der Waals surface area contributed by atoms with Crippen LogP contribution in [-0.4, -0.2) is 5.91 Å². The maximum atomic E-state index is 13.2. The average molecular weight is 257 g/mol. The largest absolute Gasteiger partial charge is 0.322 e. The molecule has 0 saturated carbocycles. The predicted molar refractivity (Wildman–Crippen MR) is 75.0 cm³/mol. The summed E-state index contributed by atoms with van der Waals surface area (Å²) in [5, 5.41) is 2.80. The molecule has 2 aromatic carbocycles. The number of carbonyl (C=O) groups is 1. The van der Waals surface area contributed by atoms with Crippen molar-refractivity contribution in [3.8, 4) is 0 Å². The van der Waals surface area contributed by atoms with Gasteiger partial charge in [0.25, 0.3) is 5.91 Å². The number of carbonyl (C=O) groups excluding carboxylic acids is 1. The van der Waals surface area contributed by atoms with E-state index in [-0.39, 0.29) is 5.91 Å². The molecule has 19 heavy (non-hydrogen) atoms. The second-order valence-corrected chi connectivity index (χ2v) is 4.79. The van der Waals surface area contributed by atoms with Crippen LogP contribution in [0.15, 0.2) is 36.4 Å². The van der Waals surface area contributed by atoms with Gasteiger partial charge in [-0.15, -0.1) is 0 Å². The highest BCUT2D eigenvalue weighted by Crippen LogP contribution is 2.17. The van der Waals surface area contributed by atoms with Gasteiger partial charge in [0.1, 0.15) is 5.82 Å². The first-order valence-corrected chi connectivity index (χ1v) is 6.11. The number of aryl methyl sites for hydroxylation is 3. The number of anilines is 1. The van der Waals surface area contributed by atoms with E-state index in [2.05, 4.69) is 5.32 Å². The second-order valence-electron chi connectivity index (χ2n) is 4.79. The van der Waals surface area contributed by atoms with Gasteiger partial charge in [0.2, 0.25) is 0 Å². The minimum absolute atomic E-state index is 0.290. The third-order valence-corrected chi connectivity index (χ3v) is 2.92. The first-order valence-electron chi connectivity index (χ1n) is 6.11. The topological polar surface area (TPSA) is 29.1 Å². The molecule has 3 heteroatoms. The molecule has 0 heterocycles. The summed E-state index contributed by atoms with van der Waals surface area (Å²) in [6, 6.07) is 10.0. The highest BCUT2D eigenvalue weighted by molar-refractivity contribution is 6.05.